The van der Waals surface area contributed by atoms with Gasteiger partial charge in [0.2, 0.25) is 0 Å². The van der Waals surface area contributed by atoms with Crippen molar-refractivity contribution in [2.75, 3.05) is 31.4 Å². The normalized spacial score (nSPS) is 10.9. The van der Waals surface area contributed by atoms with Gasteiger partial charge in [0.25, 0.3) is 27.7 Å². The fourth-order valence-electron chi connectivity index (χ4n) is 12.6. The lowest BCUT2D eigenvalue weighted by atomic mass is 10.1. The summed E-state index contributed by atoms with van der Waals surface area (Å²) in [5.74, 6) is 1.92. The van der Waals surface area contributed by atoms with Gasteiger partial charge in [0.15, 0.2) is 0 Å². The van der Waals surface area contributed by atoms with Crippen molar-refractivity contribution in [3.05, 3.63) is 373 Å². The van der Waals surface area contributed by atoms with Crippen molar-refractivity contribution in [1.29, 1.82) is 0 Å². The van der Waals surface area contributed by atoms with Crippen LogP contribution in [0, 0.1) is 0 Å². The van der Waals surface area contributed by atoms with Crippen LogP contribution in [0.1, 0.15) is 47.8 Å². The number of benzene rings is 12. The number of nitrogens with zero attached hydrogens (tertiary/aromatic N) is 6. The molecule has 17 aromatic rings. The molecule has 3 amide bonds. The number of para-hydroxylation sites is 5. The molecule has 0 saturated carbocycles. The second-order valence-electron chi connectivity index (χ2n) is 26.3. The number of rotatable bonds is 19. The van der Waals surface area contributed by atoms with Gasteiger partial charge in [0.1, 0.15) is 22.8 Å². The van der Waals surface area contributed by atoms with E-state index in [9.17, 15) is 22.8 Å². The van der Waals surface area contributed by atoms with E-state index in [1.165, 1.54) is 12.1 Å². The van der Waals surface area contributed by atoms with E-state index in [4.69, 9.17) is 39.3 Å². The first-order valence-corrected chi connectivity index (χ1v) is 38.2. The van der Waals surface area contributed by atoms with Gasteiger partial charge in [0.05, 0.1) is 118 Å². The van der Waals surface area contributed by atoms with Gasteiger partial charge in [-0.1, -0.05) is 200 Å². The molecule has 0 spiro atoms. The van der Waals surface area contributed by atoms with E-state index in [0.717, 1.165) is 100 Å². The summed E-state index contributed by atoms with van der Waals surface area (Å²) in [6, 6.07) is 104. The second-order valence-corrected chi connectivity index (χ2v) is 28.0. The highest BCUT2D eigenvalue weighted by Crippen LogP contribution is 2.32. The average Bonchev–Trinajstić information content (AvgIpc) is 0.802. The smallest absolute Gasteiger partial charge is 0.261 e. The Morgan fingerprint density at radius 1 is 0.339 bits per heavy atom. The Hall–Kier alpha value is -14.9. The van der Waals surface area contributed by atoms with Crippen molar-refractivity contribution in [3.8, 4) is 62.4 Å². The topological polar surface area (TPSA) is 259 Å². The van der Waals surface area contributed by atoms with E-state index in [2.05, 4.69) is 30.6 Å². The predicted octanol–water partition coefficient (Wildman–Crippen LogP) is 19.0. The molecule has 5 aromatic heterocycles. The van der Waals surface area contributed by atoms with Crippen LogP contribution in [0.25, 0.3) is 99.8 Å². The molecule has 0 unspecified atom stereocenters. The molecule has 0 atom stereocenters. The van der Waals surface area contributed by atoms with E-state index in [1.54, 1.807) is 76.1 Å². The maximum atomic E-state index is 12.9. The third kappa shape index (κ3) is 19.0. The van der Waals surface area contributed by atoms with Gasteiger partial charge >= 0.3 is 0 Å². The maximum absolute atomic E-state index is 12.9. The first kappa shape index (κ1) is 76.9. The van der Waals surface area contributed by atoms with E-state index in [-0.39, 0.29) is 29.2 Å². The highest BCUT2D eigenvalue weighted by atomic mass is 32.2. The lowest BCUT2D eigenvalue weighted by molar-refractivity contribution is 0.0944. The standard InChI is InChI=1S/C25H17N3O.C25H22N2O3.C24H20N2O2.C21H17N3O3S/c29-25(19-8-2-1-3-9-19)28-23-12-6-10-18-14-16-22(27-24(18)23)21-15-13-17-7-4-5-11-20(17)26-21;1-29-20-11-6-17(7-12-20)16-26-25(28)22-5-3-4-19-10-15-23(27-24(19)22)18-8-13-21(30-2)14-9-18;1-28-20-13-10-17(11-14-20)16-25-24(27)21-9-5-8-19-12-15-22(26-23(19)21)18-6-3-2-4-7-18;25-14-15-9-11-17(12-10-15)28(26,27)24-19-8-4-7-18-21(19)23-20(13-22-18)16-5-2-1-3-6-16/h1-16H,(H,28,29);3-15H,16H2,1-2H3,(H,26,28);2-15H,16H2,1H3,(H,25,27);1-13,24-25H,14H2. The monoisotopic (exact) mass is 1530 g/mol. The fraction of sp³-hybridized carbons (Fsp3) is 0.0632. The molecule has 566 valence electrons. The van der Waals surface area contributed by atoms with E-state index >= 15 is 0 Å². The van der Waals surface area contributed by atoms with Crippen LogP contribution in [-0.4, -0.2) is 82.5 Å². The first-order chi connectivity index (χ1) is 56.3. The molecule has 19 nitrogen and oxygen atoms in total. The average molecular weight is 1530 g/mol. The molecule has 5 N–H and O–H groups in total. The predicted molar refractivity (Wildman–Crippen MR) is 454 cm³/mol. The van der Waals surface area contributed by atoms with Crippen LogP contribution in [-0.2, 0) is 29.7 Å². The molecule has 0 aliphatic heterocycles. The zero-order valence-electron chi connectivity index (χ0n) is 62.8. The zero-order chi connectivity index (χ0) is 79.5. The van der Waals surface area contributed by atoms with Gasteiger partial charge in [-0.15, -0.1) is 0 Å². The lowest BCUT2D eigenvalue weighted by Gasteiger charge is -2.11. The van der Waals surface area contributed by atoms with Crippen molar-refractivity contribution in [2.45, 2.75) is 24.6 Å². The van der Waals surface area contributed by atoms with Crippen molar-refractivity contribution >= 4 is 93.8 Å². The van der Waals surface area contributed by atoms with Crippen LogP contribution in [0.3, 0.4) is 0 Å². The highest BCUT2D eigenvalue weighted by molar-refractivity contribution is 7.92. The Labute approximate surface area is 664 Å². The van der Waals surface area contributed by atoms with Crippen LogP contribution < -0.4 is 34.9 Å². The molecule has 12 aromatic carbocycles. The zero-order valence-corrected chi connectivity index (χ0v) is 63.6. The molecule has 0 aliphatic rings. The molecule has 20 heteroatoms. The summed E-state index contributed by atoms with van der Waals surface area (Å²) in [6.45, 7) is 0.726. The Morgan fingerprint density at radius 2 is 0.748 bits per heavy atom. The van der Waals surface area contributed by atoms with Gasteiger partial charge < -0.3 is 35.3 Å². The summed E-state index contributed by atoms with van der Waals surface area (Å²) in [5.41, 5.74) is 16.3. The van der Waals surface area contributed by atoms with Crippen LogP contribution in [0.5, 0.6) is 17.2 Å². The van der Waals surface area contributed by atoms with E-state index < -0.39 is 10.0 Å². The maximum Gasteiger partial charge on any atom is 0.261 e. The van der Waals surface area contributed by atoms with Crippen molar-refractivity contribution in [1.82, 2.24) is 40.5 Å². The number of carbonyl (C=O) groups is 3. The van der Waals surface area contributed by atoms with Gasteiger partial charge in [-0.3, -0.25) is 24.1 Å². The van der Waals surface area contributed by atoms with Crippen LogP contribution in [0.4, 0.5) is 11.4 Å². The van der Waals surface area contributed by atoms with Gasteiger partial charge in [-0.25, -0.2) is 33.3 Å². The Bertz CT molecular complexity index is 6410. The lowest BCUT2D eigenvalue weighted by Crippen LogP contribution is -2.23. The number of hydrogen-bond donors (Lipinski definition) is 5. The molecular weight excluding hydrogens is 1460 g/mol. The Kier molecular flexibility index (Phi) is 24.3. The minimum Gasteiger partial charge on any atom is -0.497 e. The Morgan fingerprint density at radius 3 is 1.30 bits per heavy atom. The molecule has 0 bridgehead atoms. The van der Waals surface area contributed by atoms with Crippen LogP contribution >= 0.6 is 0 Å². The molecular formula is C95H76N10O9S. The quantitative estimate of drug-likeness (QED) is 0.0504. The number of ether oxygens (including phenoxy) is 3. The van der Waals surface area contributed by atoms with Crippen LogP contribution in [0.15, 0.2) is 345 Å². The third-order valence-electron chi connectivity index (χ3n) is 18.8. The van der Waals surface area contributed by atoms with Gasteiger partial charge in [-0.05, 0) is 150 Å². The highest BCUT2D eigenvalue weighted by Gasteiger charge is 2.20. The number of nitrogens with one attached hydrogen (secondary N) is 4. The first-order valence-electron chi connectivity index (χ1n) is 36.7. The van der Waals surface area contributed by atoms with Crippen molar-refractivity contribution in [2.24, 2.45) is 0 Å². The second kappa shape index (κ2) is 36.3. The van der Waals surface area contributed by atoms with E-state index in [0.29, 0.717) is 74.5 Å². The van der Waals surface area contributed by atoms with E-state index in [1.807, 2.05) is 273 Å². The number of carbonyl (C=O) groups excluding carboxylic acids is 3. The van der Waals surface area contributed by atoms with Crippen LogP contribution in [0.2, 0.25) is 0 Å². The molecule has 5 heterocycles. The largest absolute Gasteiger partial charge is 0.497 e. The molecule has 0 saturated heterocycles. The molecule has 0 radical (unpaired) electrons. The summed E-state index contributed by atoms with van der Waals surface area (Å²) >= 11 is 0. The number of aromatic nitrogens is 6. The molecule has 0 aliphatic carbocycles. The summed E-state index contributed by atoms with van der Waals surface area (Å²) in [6.07, 6.45) is 1.67. The minimum absolute atomic E-state index is 0.105. The number of sulfonamides is 1. The number of aliphatic hydroxyl groups is 1. The summed E-state index contributed by atoms with van der Waals surface area (Å²) in [7, 11) is 1.09. The third-order valence-corrected chi connectivity index (χ3v) is 20.2. The number of anilines is 2. The number of aliphatic hydroxyl groups excluding tert-OH is 1. The Balaban J connectivity index is 0.000000127. The SMILES string of the molecule is COc1ccc(CNC(=O)c2cccc3ccc(-c4ccc(OC)cc4)nc23)cc1.COc1ccc(CNC(=O)c2cccc3ccc(-c4ccccc4)nc23)cc1.O=C(Nc1cccc2ccc(-c3ccc4ccccc4n3)nc12)c1ccccc1.O=S(=O)(Nc1cccc2ncc(-c3ccccc3)nc12)c1ccc(CO)cc1. The molecule has 115 heavy (non-hydrogen) atoms. The van der Waals surface area contributed by atoms with Gasteiger partial charge in [-0.2, -0.15) is 0 Å². The number of methoxy groups -OCH3 is 3. The fourth-order valence-corrected chi connectivity index (χ4v) is 13.7. The number of amides is 3. The van der Waals surface area contributed by atoms with Crippen molar-refractivity contribution < 1.29 is 42.1 Å². The minimum atomic E-state index is -3.81. The summed E-state index contributed by atoms with van der Waals surface area (Å²) in [5, 5.41) is 22.0. The summed E-state index contributed by atoms with van der Waals surface area (Å²) < 4.78 is 43.7. The van der Waals surface area contributed by atoms with Crippen molar-refractivity contribution in [3.63, 3.8) is 0 Å². The van der Waals surface area contributed by atoms with Gasteiger partial charge in [0, 0.05) is 56.9 Å². The molecule has 0 fully saturated rings. The molecule has 17 rings (SSSR count). The summed E-state index contributed by atoms with van der Waals surface area (Å²) in [4.78, 5) is 66.6. The number of hydrogen-bond acceptors (Lipinski definition) is 15. The number of pyridine rings is 4. The number of fused-ring (bicyclic) bond motifs is 5.